The molecule has 3 nitrogen and oxygen atoms in total. The molecular weight excluding hydrogens is 354 g/mol. The SMILES string of the molecule is Clc1ccc2c(C3=CCN(CCC4Cc5ccccc5N4)CC3)c[nH]c2c1. The Kier molecular flexibility index (Phi) is 4.42. The summed E-state index contributed by atoms with van der Waals surface area (Å²) in [5.74, 6) is 0. The van der Waals surface area contributed by atoms with E-state index in [1.165, 1.54) is 34.2 Å². The maximum atomic E-state index is 6.10. The zero-order valence-corrected chi connectivity index (χ0v) is 16.1. The quantitative estimate of drug-likeness (QED) is 0.643. The summed E-state index contributed by atoms with van der Waals surface area (Å²) in [5, 5.41) is 5.72. The van der Waals surface area contributed by atoms with Crippen LogP contribution >= 0.6 is 11.6 Å². The Balaban J connectivity index is 1.20. The number of aromatic nitrogens is 1. The average Bonchev–Trinajstić information content (AvgIpc) is 3.30. The summed E-state index contributed by atoms with van der Waals surface area (Å²) in [6, 6.07) is 15.4. The van der Waals surface area contributed by atoms with Crippen LogP contribution in [0, 0.1) is 0 Å². The molecule has 2 aromatic carbocycles. The van der Waals surface area contributed by atoms with Gasteiger partial charge in [0.2, 0.25) is 0 Å². The molecule has 0 fully saturated rings. The second-order valence-corrected chi connectivity index (χ2v) is 8.10. The molecule has 2 aliphatic rings. The van der Waals surface area contributed by atoms with Crippen LogP contribution in [0.2, 0.25) is 5.02 Å². The van der Waals surface area contributed by atoms with Crippen molar-refractivity contribution in [1.29, 1.82) is 0 Å². The van der Waals surface area contributed by atoms with E-state index in [1.54, 1.807) is 0 Å². The van der Waals surface area contributed by atoms with Gasteiger partial charge in [-0.1, -0.05) is 41.9 Å². The molecular formula is C23H24ClN3. The van der Waals surface area contributed by atoms with Crippen LogP contribution in [0.4, 0.5) is 5.69 Å². The Bertz CT molecular complexity index is 979. The average molecular weight is 378 g/mol. The first kappa shape index (κ1) is 16.9. The van der Waals surface area contributed by atoms with Crippen molar-refractivity contribution < 1.29 is 0 Å². The minimum Gasteiger partial charge on any atom is -0.382 e. The van der Waals surface area contributed by atoms with Gasteiger partial charge in [0.25, 0.3) is 0 Å². The molecule has 1 atom stereocenters. The molecule has 1 aromatic heterocycles. The maximum absolute atomic E-state index is 6.10. The number of halogens is 1. The van der Waals surface area contributed by atoms with Crippen LogP contribution in [0.25, 0.3) is 16.5 Å². The number of fused-ring (bicyclic) bond motifs is 2. The lowest BCUT2D eigenvalue weighted by Crippen LogP contribution is -2.32. The molecule has 0 saturated heterocycles. The van der Waals surface area contributed by atoms with Gasteiger partial charge >= 0.3 is 0 Å². The predicted molar refractivity (Wildman–Crippen MR) is 115 cm³/mol. The van der Waals surface area contributed by atoms with Crippen LogP contribution < -0.4 is 5.32 Å². The van der Waals surface area contributed by atoms with Crippen molar-refractivity contribution in [3.63, 3.8) is 0 Å². The Morgan fingerprint density at radius 2 is 2.07 bits per heavy atom. The van der Waals surface area contributed by atoms with E-state index in [1.807, 2.05) is 12.1 Å². The minimum atomic E-state index is 0.575. The number of rotatable bonds is 4. The highest BCUT2D eigenvalue weighted by Crippen LogP contribution is 2.31. The van der Waals surface area contributed by atoms with E-state index in [0.717, 1.165) is 43.0 Å². The van der Waals surface area contributed by atoms with Gasteiger partial charge in [-0.05, 0) is 48.6 Å². The van der Waals surface area contributed by atoms with Crippen molar-refractivity contribution in [2.75, 3.05) is 25.0 Å². The smallest absolute Gasteiger partial charge is 0.0475 e. The van der Waals surface area contributed by atoms with E-state index in [4.69, 9.17) is 11.6 Å². The van der Waals surface area contributed by atoms with Gasteiger partial charge in [-0.25, -0.2) is 0 Å². The summed E-state index contributed by atoms with van der Waals surface area (Å²) in [5.41, 5.74) is 6.68. The molecule has 0 spiro atoms. The molecule has 3 heterocycles. The van der Waals surface area contributed by atoms with Crippen molar-refractivity contribution >= 4 is 33.8 Å². The van der Waals surface area contributed by atoms with Crippen LogP contribution in [0.5, 0.6) is 0 Å². The zero-order valence-electron chi connectivity index (χ0n) is 15.3. The highest BCUT2D eigenvalue weighted by molar-refractivity contribution is 6.31. The molecule has 0 amide bonds. The highest BCUT2D eigenvalue weighted by atomic mass is 35.5. The lowest BCUT2D eigenvalue weighted by atomic mass is 9.98. The van der Waals surface area contributed by atoms with Crippen LogP contribution in [0.15, 0.2) is 54.7 Å². The van der Waals surface area contributed by atoms with Crippen molar-refractivity contribution in [3.05, 3.63) is 70.9 Å². The lowest BCUT2D eigenvalue weighted by molar-refractivity contribution is 0.292. The van der Waals surface area contributed by atoms with Gasteiger partial charge in [0, 0.05) is 59.0 Å². The molecule has 0 radical (unpaired) electrons. The first-order chi connectivity index (χ1) is 13.3. The highest BCUT2D eigenvalue weighted by Gasteiger charge is 2.21. The Hall–Kier alpha value is -2.23. The molecule has 0 saturated carbocycles. The molecule has 0 aliphatic carbocycles. The monoisotopic (exact) mass is 377 g/mol. The maximum Gasteiger partial charge on any atom is 0.0475 e. The number of hydrogen-bond donors (Lipinski definition) is 2. The van der Waals surface area contributed by atoms with Crippen molar-refractivity contribution in [2.24, 2.45) is 0 Å². The molecule has 3 aromatic rings. The first-order valence-electron chi connectivity index (χ1n) is 9.79. The Morgan fingerprint density at radius 3 is 2.93 bits per heavy atom. The Labute approximate surface area is 165 Å². The molecule has 4 heteroatoms. The third-order valence-corrected chi connectivity index (χ3v) is 6.16. The second-order valence-electron chi connectivity index (χ2n) is 7.66. The fourth-order valence-electron chi connectivity index (χ4n) is 4.41. The predicted octanol–water partition coefficient (Wildman–Crippen LogP) is 5.34. The molecule has 27 heavy (non-hydrogen) atoms. The topological polar surface area (TPSA) is 31.1 Å². The van der Waals surface area contributed by atoms with Gasteiger partial charge in [0.1, 0.15) is 0 Å². The number of nitrogens with one attached hydrogen (secondary N) is 2. The van der Waals surface area contributed by atoms with E-state index in [0.29, 0.717) is 6.04 Å². The number of anilines is 1. The third kappa shape index (κ3) is 3.38. The number of benzene rings is 2. The Morgan fingerprint density at radius 1 is 1.15 bits per heavy atom. The first-order valence-corrected chi connectivity index (χ1v) is 10.2. The van der Waals surface area contributed by atoms with Gasteiger partial charge in [-0.2, -0.15) is 0 Å². The summed E-state index contributed by atoms with van der Waals surface area (Å²) in [6.45, 7) is 3.32. The van der Waals surface area contributed by atoms with Crippen LogP contribution in [0.3, 0.4) is 0 Å². The van der Waals surface area contributed by atoms with E-state index >= 15 is 0 Å². The summed E-state index contributed by atoms with van der Waals surface area (Å²) in [4.78, 5) is 5.93. The van der Waals surface area contributed by atoms with Crippen LogP contribution in [-0.4, -0.2) is 35.6 Å². The van der Waals surface area contributed by atoms with Crippen molar-refractivity contribution in [3.8, 4) is 0 Å². The number of nitrogens with zero attached hydrogens (tertiary/aromatic N) is 1. The summed E-state index contributed by atoms with van der Waals surface area (Å²) in [6.07, 6.45) is 7.99. The minimum absolute atomic E-state index is 0.575. The van der Waals surface area contributed by atoms with E-state index < -0.39 is 0 Å². The van der Waals surface area contributed by atoms with Crippen molar-refractivity contribution in [1.82, 2.24) is 9.88 Å². The standard InChI is InChI=1S/C23H24ClN3/c24-18-5-6-20-21(15-25-23(20)14-18)16-7-10-27(11-8-16)12-9-19-13-17-3-1-2-4-22(17)26-19/h1-7,14-15,19,25-26H,8-13H2. The van der Waals surface area contributed by atoms with Crippen molar-refractivity contribution in [2.45, 2.75) is 25.3 Å². The van der Waals surface area contributed by atoms with E-state index in [9.17, 15) is 0 Å². The van der Waals surface area contributed by atoms with E-state index in [2.05, 4.69) is 57.8 Å². The molecule has 0 bridgehead atoms. The molecule has 138 valence electrons. The zero-order chi connectivity index (χ0) is 18.2. The summed E-state index contributed by atoms with van der Waals surface area (Å²) < 4.78 is 0. The number of hydrogen-bond acceptors (Lipinski definition) is 2. The second kappa shape index (κ2) is 7.06. The molecule has 2 aliphatic heterocycles. The fourth-order valence-corrected chi connectivity index (χ4v) is 4.58. The third-order valence-electron chi connectivity index (χ3n) is 5.92. The molecule has 5 rings (SSSR count). The van der Waals surface area contributed by atoms with Gasteiger partial charge in [0.05, 0.1) is 0 Å². The normalized spacial score (nSPS) is 19.7. The molecule has 1 unspecified atom stereocenters. The number of H-pyrrole nitrogens is 1. The van der Waals surface area contributed by atoms with E-state index in [-0.39, 0.29) is 0 Å². The van der Waals surface area contributed by atoms with Crippen LogP contribution in [0.1, 0.15) is 24.0 Å². The number of aromatic amines is 1. The van der Waals surface area contributed by atoms with Gasteiger partial charge in [-0.3, -0.25) is 4.90 Å². The fraction of sp³-hybridized carbons (Fsp3) is 0.304. The largest absolute Gasteiger partial charge is 0.382 e. The van der Waals surface area contributed by atoms with Crippen LogP contribution in [-0.2, 0) is 6.42 Å². The van der Waals surface area contributed by atoms with Gasteiger partial charge in [0.15, 0.2) is 0 Å². The number of para-hydroxylation sites is 1. The summed E-state index contributed by atoms with van der Waals surface area (Å²) in [7, 11) is 0. The molecule has 2 N–H and O–H groups in total. The lowest BCUT2D eigenvalue weighted by Gasteiger charge is -2.27. The summed E-state index contributed by atoms with van der Waals surface area (Å²) >= 11 is 6.10. The van der Waals surface area contributed by atoms with Gasteiger partial charge < -0.3 is 10.3 Å². The van der Waals surface area contributed by atoms with Gasteiger partial charge in [-0.15, -0.1) is 0 Å².